The van der Waals surface area contributed by atoms with Gasteiger partial charge < -0.3 is 9.64 Å². The van der Waals surface area contributed by atoms with Gasteiger partial charge in [-0.2, -0.15) is 23.5 Å². The van der Waals surface area contributed by atoms with E-state index in [-0.39, 0.29) is 40.8 Å². The number of alkyl halides is 3. The van der Waals surface area contributed by atoms with Crippen molar-refractivity contribution in [1.82, 2.24) is 14.7 Å². The van der Waals surface area contributed by atoms with E-state index in [1.165, 1.54) is 23.1 Å². The van der Waals surface area contributed by atoms with Gasteiger partial charge in [0.05, 0.1) is 22.0 Å². The zero-order valence-corrected chi connectivity index (χ0v) is 19.4. The number of aromatic nitrogens is 2. The van der Waals surface area contributed by atoms with Gasteiger partial charge in [0, 0.05) is 30.8 Å². The summed E-state index contributed by atoms with van der Waals surface area (Å²) in [4.78, 5) is 14.9. The molecule has 1 aliphatic heterocycles. The fourth-order valence-corrected chi connectivity index (χ4v) is 4.15. The molecule has 1 amide bonds. The topological polar surface area (TPSA) is 71.2 Å². The summed E-state index contributed by atoms with van der Waals surface area (Å²) in [5.74, 6) is -1.39. The normalized spacial score (nSPS) is 14.3. The van der Waals surface area contributed by atoms with Gasteiger partial charge in [0.1, 0.15) is 23.2 Å². The van der Waals surface area contributed by atoms with Crippen LogP contribution in [0, 0.1) is 24.1 Å². The lowest BCUT2D eigenvalue weighted by atomic mass is 10.0. The highest BCUT2D eigenvalue weighted by atomic mass is 35.5. The van der Waals surface area contributed by atoms with Crippen molar-refractivity contribution in [3.8, 4) is 17.5 Å². The zero-order chi connectivity index (χ0) is 25.5. The molecule has 2 aromatic carbocycles. The Morgan fingerprint density at radius 1 is 1.23 bits per heavy atom. The van der Waals surface area contributed by atoms with Gasteiger partial charge in [-0.1, -0.05) is 11.6 Å². The van der Waals surface area contributed by atoms with Crippen molar-refractivity contribution in [3.05, 3.63) is 75.3 Å². The van der Waals surface area contributed by atoms with Crippen LogP contribution in [0.5, 0.6) is 5.75 Å². The third-order valence-corrected chi connectivity index (χ3v) is 6.24. The van der Waals surface area contributed by atoms with Crippen LogP contribution in [-0.2, 0) is 13.0 Å². The molecule has 11 heteroatoms. The number of amides is 1. The molecular weight excluding hydrogens is 488 g/mol. The first-order chi connectivity index (χ1) is 16.5. The Bertz CT molecular complexity index is 1330. The Hall–Kier alpha value is -3.58. The van der Waals surface area contributed by atoms with E-state index >= 15 is 0 Å². The van der Waals surface area contributed by atoms with E-state index in [2.05, 4.69) is 5.10 Å². The van der Waals surface area contributed by atoms with Crippen molar-refractivity contribution < 1.29 is 27.1 Å². The standard InChI is InChI=1S/C24H19ClF4N4O2/c1-13-18-12-32(10-9-19(18)31-33(13)17-6-4-16(26)5-7-17)23(34)21-20(35-14(2)24(27,28)29)8-3-15(11-30)22(21)25/h3-8,14H,9-10,12H2,1-2H3. The summed E-state index contributed by atoms with van der Waals surface area (Å²) >= 11 is 6.28. The van der Waals surface area contributed by atoms with Crippen molar-refractivity contribution in [2.45, 2.75) is 39.1 Å². The number of benzene rings is 2. The van der Waals surface area contributed by atoms with Crippen LogP contribution in [0.25, 0.3) is 5.69 Å². The average molecular weight is 507 g/mol. The smallest absolute Gasteiger partial charge is 0.425 e. The van der Waals surface area contributed by atoms with Crippen LogP contribution in [0.4, 0.5) is 17.6 Å². The Kier molecular flexibility index (Phi) is 6.47. The van der Waals surface area contributed by atoms with Gasteiger partial charge in [-0.05, 0) is 50.2 Å². The molecule has 2 heterocycles. The molecule has 1 aromatic heterocycles. The van der Waals surface area contributed by atoms with Crippen LogP contribution in [-0.4, -0.2) is 39.4 Å². The maximum Gasteiger partial charge on any atom is 0.425 e. The quantitative estimate of drug-likeness (QED) is 0.446. The number of nitrogens with zero attached hydrogens (tertiary/aromatic N) is 4. The molecule has 0 spiro atoms. The summed E-state index contributed by atoms with van der Waals surface area (Å²) < 4.78 is 59.3. The summed E-state index contributed by atoms with van der Waals surface area (Å²) in [6, 6.07) is 10.00. The SMILES string of the molecule is Cc1c2c(nn1-c1ccc(F)cc1)CCN(C(=O)c1c(OC(C)C(F)(F)F)ccc(C#N)c1Cl)C2. The first-order valence-corrected chi connectivity index (χ1v) is 11.0. The number of carbonyl (C=O) groups excluding carboxylic acids is 1. The van der Waals surface area contributed by atoms with E-state index in [9.17, 15) is 27.6 Å². The Morgan fingerprint density at radius 2 is 1.91 bits per heavy atom. The molecule has 0 saturated heterocycles. The second-order valence-corrected chi connectivity index (χ2v) is 8.47. The molecule has 0 bridgehead atoms. The van der Waals surface area contributed by atoms with Crippen LogP contribution in [0.1, 0.15) is 39.8 Å². The van der Waals surface area contributed by atoms with E-state index in [0.717, 1.165) is 29.9 Å². The second kappa shape index (κ2) is 9.23. The third-order valence-electron chi connectivity index (χ3n) is 5.85. The number of hydrogen-bond acceptors (Lipinski definition) is 4. The van der Waals surface area contributed by atoms with Crippen molar-refractivity contribution in [2.24, 2.45) is 0 Å². The first-order valence-electron chi connectivity index (χ1n) is 10.6. The molecular formula is C24H19ClF4N4O2. The van der Waals surface area contributed by atoms with Crippen LogP contribution in [0.2, 0.25) is 5.02 Å². The van der Waals surface area contributed by atoms with E-state index in [4.69, 9.17) is 16.3 Å². The lowest BCUT2D eigenvalue weighted by molar-refractivity contribution is -0.189. The maximum absolute atomic E-state index is 13.5. The maximum atomic E-state index is 13.5. The van der Waals surface area contributed by atoms with E-state index < -0.39 is 18.2 Å². The minimum Gasteiger partial charge on any atom is -0.480 e. The number of carbonyl (C=O) groups is 1. The molecule has 0 saturated carbocycles. The van der Waals surface area contributed by atoms with Crippen LogP contribution in [0.3, 0.4) is 0 Å². The second-order valence-electron chi connectivity index (χ2n) is 8.09. The largest absolute Gasteiger partial charge is 0.480 e. The van der Waals surface area contributed by atoms with Gasteiger partial charge >= 0.3 is 6.18 Å². The fourth-order valence-electron chi connectivity index (χ4n) is 3.87. The van der Waals surface area contributed by atoms with E-state index in [1.807, 2.05) is 13.0 Å². The number of fused-ring (bicyclic) bond motifs is 1. The van der Waals surface area contributed by atoms with Crippen LogP contribution >= 0.6 is 11.6 Å². The van der Waals surface area contributed by atoms with Gasteiger partial charge in [0.2, 0.25) is 0 Å². The highest BCUT2D eigenvalue weighted by Crippen LogP contribution is 2.35. The number of rotatable bonds is 4. The Morgan fingerprint density at radius 3 is 2.54 bits per heavy atom. The monoisotopic (exact) mass is 506 g/mol. The number of halogens is 5. The van der Waals surface area contributed by atoms with Gasteiger partial charge in [-0.15, -0.1) is 0 Å². The average Bonchev–Trinajstić information content (AvgIpc) is 3.14. The van der Waals surface area contributed by atoms with Crippen molar-refractivity contribution in [3.63, 3.8) is 0 Å². The van der Waals surface area contributed by atoms with Gasteiger partial charge in [-0.25, -0.2) is 9.07 Å². The molecule has 4 rings (SSSR count). The molecule has 0 N–H and O–H groups in total. The van der Waals surface area contributed by atoms with Crippen molar-refractivity contribution in [2.75, 3.05) is 6.54 Å². The highest BCUT2D eigenvalue weighted by Gasteiger charge is 2.39. The van der Waals surface area contributed by atoms with E-state index in [1.54, 1.807) is 16.8 Å². The Labute approximate surface area is 203 Å². The highest BCUT2D eigenvalue weighted by molar-refractivity contribution is 6.35. The third kappa shape index (κ3) is 4.68. The summed E-state index contributed by atoms with van der Waals surface area (Å²) in [7, 11) is 0. The molecule has 0 radical (unpaired) electrons. The van der Waals surface area contributed by atoms with E-state index in [0.29, 0.717) is 12.1 Å². The molecule has 0 aliphatic carbocycles. The molecule has 1 atom stereocenters. The number of ether oxygens (including phenoxy) is 1. The minimum atomic E-state index is -4.66. The first kappa shape index (κ1) is 24.5. The molecule has 35 heavy (non-hydrogen) atoms. The summed E-state index contributed by atoms with van der Waals surface area (Å²) in [5.41, 5.74) is 2.57. The fraction of sp³-hybridized carbons (Fsp3) is 0.292. The van der Waals surface area contributed by atoms with Gasteiger partial charge in [0.15, 0.2) is 6.10 Å². The Balaban J connectivity index is 1.68. The molecule has 6 nitrogen and oxygen atoms in total. The lowest BCUT2D eigenvalue weighted by Crippen LogP contribution is -2.37. The van der Waals surface area contributed by atoms with Crippen LogP contribution in [0.15, 0.2) is 36.4 Å². The molecule has 0 fully saturated rings. The van der Waals surface area contributed by atoms with Crippen molar-refractivity contribution in [1.29, 1.82) is 5.26 Å². The van der Waals surface area contributed by atoms with Crippen LogP contribution < -0.4 is 4.74 Å². The predicted molar refractivity (Wildman–Crippen MR) is 119 cm³/mol. The molecule has 1 aliphatic rings. The molecule has 182 valence electrons. The lowest BCUT2D eigenvalue weighted by Gasteiger charge is -2.28. The van der Waals surface area contributed by atoms with Gasteiger partial charge in [0.25, 0.3) is 5.91 Å². The zero-order valence-electron chi connectivity index (χ0n) is 18.7. The molecule has 1 unspecified atom stereocenters. The summed E-state index contributed by atoms with van der Waals surface area (Å²) in [6.45, 7) is 2.99. The molecule has 3 aromatic rings. The van der Waals surface area contributed by atoms with Gasteiger partial charge in [-0.3, -0.25) is 4.79 Å². The predicted octanol–water partition coefficient (Wildman–Crippen LogP) is 5.37. The minimum absolute atomic E-state index is 0.0555. The summed E-state index contributed by atoms with van der Waals surface area (Å²) in [6.07, 6.45) is -6.46. The number of nitriles is 1. The number of hydrogen-bond donors (Lipinski definition) is 0. The summed E-state index contributed by atoms with van der Waals surface area (Å²) in [5, 5.41) is 13.6. The van der Waals surface area contributed by atoms with Crippen molar-refractivity contribution >= 4 is 17.5 Å².